The maximum atomic E-state index is 13.6. The van der Waals surface area contributed by atoms with E-state index in [-0.39, 0.29) is 12.5 Å². The van der Waals surface area contributed by atoms with E-state index in [9.17, 15) is 9.59 Å². The van der Waals surface area contributed by atoms with E-state index < -0.39 is 11.9 Å². The SMILES string of the molecule is CC1=C(C(=O)Nc2ccccc2)C(c2ccc(OCC(N)=O)cc2)n2c(nc3ccccc32)N1. The first-order chi connectivity index (χ1) is 16.5. The Labute approximate surface area is 196 Å². The van der Waals surface area contributed by atoms with Crippen molar-refractivity contribution in [2.45, 2.75) is 13.0 Å². The van der Waals surface area contributed by atoms with Crippen LogP contribution in [0.3, 0.4) is 0 Å². The molecule has 1 atom stereocenters. The fourth-order valence-corrected chi connectivity index (χ4v) is 4.19. The minimum atomic E-state index is -0.546. The molecular formula is C26H23N5O3. The third-order valence-corrected chi connectivity index (χ3v) is 5.68. The van der Waals surface area contributed by atoms with Crippen molar-refractivity contribution in [3.05, 3.63) is 95.7 Å². The van der Waals surface area contributed by atoms with Crippen molar-refractivity contribution in [3.63, 3.8) is 0 Å². The van der Waals surface area contributed by atoms with Crippen LogP contribution < -0.4 is 21.1 Å². The van der Waals surface area contributed by atoms with Gasteiger partial charge in [-0.2, -0.15) is 0 Å². The van der Waals surface area contributed by atoms with E-state index in [0.717, 1.165) is 22.3 Å². The molecule has 1 aromatic heterocycles. The number of ether oxygens (including phenoxy) is 1. The molecule has 0 radical (unpaired) electrons. The van der Waals surface area contributed by atoms with Crippen LogP contribution in [0.2, 0.25) is 0 Å². The Morgan fingerprint density at radius 1 is 1.03 bits per heavy atom. The Bertz CT molecular complexity index is 1410. The number of aromatic nitrogens is 2. The minimum absolute atomic E-state index is 0.202. The van der Waals surface area contributed by atoms with Gasteiger partial charge in [-0.1, -0.05) is 42.5 Å². The van der Waals surface area contributed by atoms with Gasteiger partial charge < -0.3 is 21.1 Å². The van der Waals surface area contributed by atoms with Crippen molar-refractivity contribution in [3.8, 4) is 5.75 Å². The first-order valence-corrected chi connectivity index (χ1v) is 10.8. The number of imidazole rings is 1. The molecule has 8 heteroatoms. The Morgan fingerprint density at radius 3 is 2.47 bits per heavy atom. The van der Waals surface area contributed by atoms with E-state index in [1.165, 1.54) is 0 Å². The van der Waals surface area contributed by atoms with Crippen LogP contribution in [0.5, 0.6) is 5.75 Å². The maximum Gasteiger partial charge on any atom is 0.255 e. The van der Waals surface area contributed by atoms with Gasteiger partial charge in [0.05, 0.1) is 22.6 Å². The molecule has 2 amide bonds. The van der Waals surface area contributed by atoms with Crippen LogP contribution in [0.15, 0.2) is 90.1 Å². The van der Waals surface area contributed by atoms with Crippen molar-refractivity contribution in [2.75, 3.05) is 17.2 Å². The number of nitrogens with zero attached hydrogens (tertiary/aromatic N) is 2. The van der Waals surface area contributed by atoms with E-state index >= 15 is 0 Å². The highest BCUT2D eigenvalue weighted by Crippen LogP contribution is 2.39. The van der Waals surface area contributed by atoms with Crippen LogP contribution in [0, 0.1) is 0 Å². The predicted octanol–water partition coefficient (Wildman–Crippen LogP) is 3.83. The summed E-state index contributed by atoms with van der Waals surface area (Å²) in [7, 11) is 0. The standard InChI is InChI=1S/C26H23N5O3/c1-16-23(25(33)29-18-7-3-2-4-8-18)24(17-11-13-19(14-12-17)34-15-22(27)32)31-21-10-6-5-9-20(21)30-26(31)28-16/h2-14,24H,15H2,1H3,(H2,27,32)(H,28,30)(H,29,33). The number of rotatable bonds is 6. The molecular weight excluding hydrogens is 430 g/mol. The number of allylic oxidation sites excluding steroid dienone is 1. The molecule has 1 aliphatic heterocycles. The Hall–Kier alpha value is -4.59. The third kappa shape index (κ3) is 3.97. The molecule has 0 fully saturated rings. The molecule has 34 heavy (non-hydrogen) atoms. The molecule has 170 valence electrons. The fourth-order valence-electron chi connectivity index (χ4n) is 4.19. The molecule has 8 nitrogen and oxygen atoms in total. The van der Waals surface area contributed by atoms with Crippen molar-refractivity contribution < 1.29 is 14.3 Å². The Morgan fingerprint density at radius 2 is 1.74 bits per heavy atom. The summed E-state index contributed by atoms with van der Waals surface area (Å²) in [5, 5.41) is 6.31. The van der Waals surface area contributed by atoms with Gasteiger partial charge in [-0.25, -0.2) is 4.98 Å². The van der Waals surface area contributed by atoms with Gasteiger partial charge in [-0.3, -0.25) is 14.2 Å². The molecule has 4 aromatic rings. The molecule has 0 saturated heterocycles. The van der Waals surface area contributed by atoms with Gasteiger partial charge in [0.1, 0.15) is 5.75 Å². The topological polar surface area (TPSA) is 111 Å². The summed E-state index contributed by atoms with van der Waals surface area (Å²) in [6, 6.07) is 24.0. The van der Waals surface area contributed by atoms with Gasteiger partial charge in [0.25, 0.3) is 11.8 Å². The van der Waals surface area contributed by atoms with Gasteiger partial charge in [0.2, 0.25) is 5.95 Å². The summed E-state index contributed by atoms with van der Waals surface area (Å²) >= 11 is 0. The summed E-state index contributed by atoms with van der Waals surface area (Å²) in [6.07, 6.45) is 0. The largest absolute Gasteiger partial charge is 0.484 e. The average Bonchev–Trinajstić information content (AvgIpc) is 3.20. The Balaban J connectivity index is 1.59. The lowest BCUT2D eigenvalue weighted by Crippen LogP contribution is -2.30. The second kappa shape index (κ2) is 8.74. The van der Waals surface area contributed by atoms with Crippen LogP contribution in [0.4, 0.5) is 11.6 Å². The van der Waals surface area contributed by atoms with Gasteiger partial charge >= 0.3 is 0 Å². The van der Waals surface area contributed by atoms with Crippen molar-refractivity contribution in [1.29, 1.82) is 0 Å². The Kier molecular flexibility index (Phi) is 5.47. The van der Waals surface area contributed by atoms with Crippen molar-refractivity contribution in [2.24, 2.45) is 5.73 Å². The van der Waals surface area contributed by atoms with Crippen molar-refractivity contribution >= 4 is 34.5 Å². The van der Waals surface area contributed by atoms with Gasteiger partial charge in [-0.15, -0.1) is 0 Å². The van der Waals surface area contributed by atoms with Crippen LogP contribution in [0.1, 0.15) is 18.5 Å². The van der Waals surface area contributed by atoms with Gasteiger partial charge in [0, 0.05) is 11.4 Å². The minimum Gasteiger partial charge on any atom is -0.484 e. The van der Waals surface area contributed by atoms with Crippen LogP contribution in [0.25, 0.3) is 11.0 Å². The number of nitrogens with one attached hydrogen (secondary N) is 2. The zero-order chi connectivity index (χ0) is 23.7. The second-order valence-corrected chi connectivity index (χ2v) is 8.00. The first kappa shape index (κ1) is 21.3. The van der Waals surface area contributed by atoms with E-state index in [1.807, 2.05) is 78.2 Å². The number of amides is 2. The lowest BCUT2D eigenvalue weighted by molar-refractivity contribution is -0.120. The lowest BCUT2D eigenvalue weighted by Gasteiger charge is -2.30. The zero-order valence-electron chi connectivity index (χ0n) is 18.5. The summed E-state index contributed by atoms with van der Waals surface area (Å²) in [5.41, 5.74) is 9.79. The quantitative estimate of drug-likeness (QED) is 0.411. The maximum absolute atomic E-state index is 13.6. The van der Waals surface area contributed by atoms with E-state index in [1.54, 1.807) is 12.1 Å². The number of para-hydroxylation sites is 3. The molecule has 1 unspecified atom stereocenters. The molecule has 0 saturated carbocycles. The zero-order valence-corrected chi connectivity index (χ0v) is 18.5. The number of carbonyl (C=O) groups is 2. The van der Waals surface area contributed by atoms with Crippen LogP contribution >= 0.6 is 0 Å². The number of primary amides is 1. The fraction of sp³-hybridized carbons (Fsp3) is 0.115. The molecule has 2 heterocycles. The monoisotopic (exact) mass is 453 g/mol. The summed E-state index contributed by atoms with van der Waals surface area (Å²) in [5.74, 6) is 0.422. The molecule has 0 bridgehead atoms. The summed E-state index contributed by atoms with van der Waals surface area (Å²) in [6.45, 7) is 1.67. The number of fused-ring (bicyclic) bond motifs is 3. The first-order valence-electron chi connectivity index (χ1n) is 10.8. The lowest BCUT2D eigenvalue weighted by atomic mass is 9.94. The van der Waals surface area contributed by atoms with E-state index in [0.29, 0.717) is 23.0 Å². The smallest absolute Gasteiger partial charge is 0.255 e. The molecule has 5 rings (SSSR count). The van der Waals surface area contributed by atoms with E-state index in [4.69, 9.17) is 15.5 Å². The average molecular weight is 454 g/mol. The highest BCUT2D eigenvalue weighted by molar-refractivity contribution is 6.06. The van der Waals surface area contributed by atoms with Gasteiger partial charge in [0.15, 0.2) is 6.61 Å². The highest BCUT2D eigenvalue weighted by Gasteiger charge is 2.34. The number of nitrogens with two attached hydrogens (primary N) is 1. The van der Waals surface area contributed by atoms with Crippen LogP contribution in [-0.2, 0) is 9.59 Å². The summed E-state index contributed by atoms with van der Waals surface area (Å²) in [4.78, 5) is 29.3. The second-order valence-electron chi connectivity index (χ2n) is 8.00. The molecule has 1 aliphatic rings. The normalized spacial score (nSPS) is 14.9. The molecule has 0 spiro atoms. The number of hydrogen-bond acceptors (Lipinski definition) is 5. The number of anilines is 2. The van der Waals surface area contributed by atoms with Crippen LogP contribution in [-0.4, -0.2) is 28.0 Å². The highest BCUT2D eigenvalue weighted by atomic mass is 16.5. The van der Waals surface area contributed by atoms with E-state index in [2.05, 4.69) is 10.6 Å². The number of carbonyl (C=O) groups excluding carboxylic acids is 2. The predicted molar refractivity (Wildman–Crippen MR) is 130 cm³/mol. The molecule has 3 aromatic carbocycles. The third-order valence-electron chi connectivity index (χ3n) is 5.68. The van der Waals surface area contributed by atoms with Gasteiger partial charge in [-0.05, 0) is 48.9 Å². The number of benzene rings is 3. The summed E-state index contributed by atoms with van der Waals surface area (Å²) < 4.78 is 7.44. The number of hydrogen-bond donors (Lipinski definition) is 3. The van der Waals surface area contributed by atoms with Crippen molar-refractivity contribution in [1.82, 2.24) is 9.55 Å². The molecule has 0 aliphatic carbocycles. The molecule has 4 N–H and O–H groups in total.